The van der Waals surface area contributed by atoms with Crippen LogP contribution >= 0.6 is 0 Å². The number of nitrogen functional groups attached to an aromatic ring is 1. The van der Waals surface area contributed by atoms with Crippen LogP contribution in [0.15, 0.2) is 37.4 Å². The van der Waals surface area contributed by atoms with E-state index in [1.165, 1.54) is 0 Å². The maximum atomic E-state index is 5.39. The van der Waals surface area contributed by atoms with E-state index in [1.54, 1.807) is 12.1 Å². The standard InChI is InChI=1S/C6H6BN.C2H4/c7-5-3-1-2-4-6(5)8;1-2/h1-4H,8H2;1-2H2. The maximum absolute atomic E-state index is 5.39. The highest BCUT2D eigenvalue weighted by atomic mass is 14.5. The Hall–Kier alpha value is -1.18. The van der Waals surface area contributed by atoms with Gasteiger partial charge in [-0.05, 0) is 6.07 Å². The van der Waals surface area contributed by atoms with Crippen LogP contribution in [0, 0.1) is 0 Å². The molecule has 0 amide bonds. The number of rotatable bonds is 0. The minimum Gasteiger partial charge on any atom is -0.399 e. The predicted molar refractivity (Wildman–Crippen MR) is 47.5 cm³/mol. The fraction of sp³-hybridized carbons (Fsp3) is 0. The first kappa shape index (κ1) is 8.82. The van der Waals surface area contributed by atoms with Crippen LogP contribution in [0.3, 0.4) is 0 Å². The third-order valence-electron chi connectivity index (χ3n) is 0.996. The van der Waals surface area contributed by atoms with Crippen LogP contribution in [0.25, 0.3) is 0 Å². The molecule has 0 aromatic heterocycles. The second-order valence-corrected chi connectivity index (χ2v) is 1.63. The lowest BCUT2D eigenvalue weighted by atomic mass is 9.95. The first-order valence-electron chi connectivity index (χ1n) is 2.90. The molecule has 1 aromatic carbocycles. The molecule has 0 unspecified atom stereocenters. The van der Waals surface area contributed by atoms with Crippen molar-refractivity contribution in [2.75, 3.05) is 5.73 Å². The highest BCUT2D eigenvalue weighted by Gasteiger charge is 1.84. The van der Waals surface area contributed by atoms with Gasteiger partial charge < -0.3 is 5.73 Å². The molecule has 0 saturated heterocycles. The van der Waals surface area contributed by atoms with Crippen molar-refractivity contribution in [3.8, 4) is 0 Å². The SMILES string of the molecule is C=C.[B]c1ccccc1N. The molecule has 2 radical (unpaired) electrons. The number of nitrogens with two attached hydrogens (primary N) is 1. The molecule has 0 atom stereocenters. The van der Waals surface area contributed by atoms with Crippen LogP contribution in [-0.2, 0) is 0 Å². The highest BCUT2D eigenvalue weighted by molar-refractivity contribution is 6.35. The Morgan fingerprint density at radius 3 is 2.00 bits per heavy atom. The quantitative estimate of drug-likeness (QED) is 0.315. The zero-order chi connectivity index (χ0) is 7.98. The summed E-state index contributed by atoms with van der Waals surface area (Å²) in [6, 6.07) is 7.25. The van der Waals surface area contributed by atoms with Crippen LogP contribution < -0.4 is 11.2 Å². The third kappa shape index (κ3) is 2.40. The van der Waals surface area contributed by atoms with Gasteiger partial charge in [0, 0.05) is 5.69 Å². The Labute approximate surface area is 63.0 Å². The van der Waals surface area contributed by atoms with E-state index in [9.17, 15) is 0 Å². The molecule has 0 spiro atoms. The monoisotopic (exact) mass is 131 g/mol. The van der Waals surface area contributed by atoms with Crippen LogP contribution in [-0.4, -0.2) is 7.85 Å². The van der Waals surface area contributed by atoms with Gasteiger partial charge in [0.2, 0.25) is 0 Å². The average molecular weight is 131 g/mol. The molecule has 50 valence electrons. The van der Waals surface area contributed by atoms with Crippen molar-refractivity contribution in [2.45, 2.75) is 0 Å². The van der Waals surface area contributed by atoms with Gasteiger partial charge in [-0.25, -0.2) is 0 Å². The molecule has 0 fully saturated rings. The molecule has 2 heteroatoms. The first-order valence-corrected chi connectivity index (χ1v) is 2.90. The van der Waals surface area contributed by atoms with Gasteiger partial charge in [-0.2, -0.15) is 0 Å². The van der Waals surface area contributed by atoms with Gasteiger partial charge in [-0.3, -0.25) is 0 Å². The van der Waals surface area contributed by atoms with Crippen molar-refractivity contribution in [3.63, 3.8) is 0 Å². The Morgan fingerprint density at radius 2 is 1.70 bits per heavy atom. The molecule has 0 aliphatic heterocycles. The Bertz CT molecular complexity index is 177. The third-order valence-corrected chi connectivity index (χ3v) is 0.996. The summed E-state index contributed by atoms with van der Waals surface area (Å²) in [5.74, 6) is 0. The number of hydrogen-bond donors (Lipinski definition) is 1. The van der Waals surface area contributed by atoms with E-state index in [0.29, 0.717) is 11.2 Å². The van der Waals surface area contributed by atoms with E-state index in [4.69, 9.17) is 13.6 Å². The van der Waals surface area contributed by atoms with Crippen LogP contribution in [0.4, 0.5) is 5.69 Å². The van der Waals surface area contributed by atoms with E-state index in [2.05, 4.69) is 13.2 Å². The number of para-hydroxylation sites is 1. The lowest BCUT2D eigenvalue weighted by Crippen LogP contribution is -2.07. The van der Waals surface area contributed by atoms with E-state index < -0.39 is 0 Å². The molecule has 0 aliphatic rings. The smallest absolute Gasteiger partial charge is 0.116 e. The molecule has 0 bridgehead atoms. The minimum absolute atomic E-state index is 0.646. The summed E-state index contributed by atoms with van der Waals surface area (Å²) >= 11 is 0. The van der Waals surface area contributed by atoms with E-state index in [1.807, 2.05) is 12.1 Å². The predicted octanol–water partition coefficient (Wildman–Crippen LogP) is 0.865. The van der Waals surface area contributed by atoms with Gasteiger partial charge in [0.05, 0.1) is 0 Å². The molecule has 1 aromatic rings. The lowest BCUT2D eigenvalue weighted by molar-refractivity contribution is 1.74. The first-order chi connectivity index (χ1) is 4.80. The summed E-state index contributed by atoms with van der Waals surface area (Å²) < 4.78 is 0. The van der Waals surface area contributed by atoms with Crippen molar-refractivity contribution in [2.24, 2.45) is 0 Å². The topological polar surface area (TPSA) is 26.0 Å². The molecule has 1 nitrogen and oxygen atoms in total. The fourth-order valence-electron chi connectivity index (χ4n) is 0.511. The van der Waals surface area contributed by atoms with Gasteiger partial charge in [0.1, 0.15) is 7.85 Å². The Balaban J connectivity index is 0.000000371. The molecule has 1 rings (SSSR count). The second-order valence-electron chi connectivity index (χ2n) is 1.63. The van der Waals surface area contributed by atoms with Gasteiger partial charge in [-0.15, -0.1) is 13.2 Å². The van der Waals surface area contributed by atoms with Gasteiger partial charge >= 0.3 is 0 Å². The minimum atomic E-state index is 0.646. The van der Waals surface area contributed by atoms with Crippen molar-refractivity contribution in [1.82, 2.24) is 0 Å². The molecule has 0 saturated carbocycles. The second kappa shape index (κ2) is 4.68. The zero-order valence-corrected chi connectivity index (χ0v) is 5.88. The van der Waals surface area contributed by atoms with Crippen LogP contribution in [0.2, 0.25) is 0 Å². The lowest BCUT2D eigenvalue weighted by Gasteiger charge is -1.94. The summed E-state index contributed by atoms with van der Waals surface area (Å²) in [7, 11) is 5.39. The largest absolute Gasteiger partial charge is 0.399 e. The highest BCUT2D eigenvalue weighted by Crippen LogP contribution is 1.92. The summed E-state index contributed by atoms with van der Waals surface area (Å²) in [6.07, 6.45) is 0. The van der Waals surface area contributed by atoms with Crippen LogP contribution in [0.5, 0.6) is 0 Å². The average Bonchev–Trinajstić information content (AvgIpc) is 2.00. The molecule has 0 aliphatic carbocycles. The van der Waals surface area contributed by atoms with Gasteiger partial charge in [0.15, 0.2) is 0 Å². The maximum Gasteiger partial charge on any atom is 0.116 e. The van der Waals surface area contributed by atoms with Crippen molar-refractivity contribution in [1.29, 1.82) is 0 Å². The molecular weight excluding hydrogens is 121 g/mol. The summed E-state index contributed by atoms with van der Waals surface area (Å²) in [5.41, 5.74) is 6.69. The molecule has 2 N–H and O–H groups in total. The number of benzene rings is 1. The Morgan fingerprint density at radius 1 is 1.20 bits per heavy atom. The summed E-state index contributed by atoms with van der Waals surface area (Å²) in [6.45, 7) is 6.00. The summed E-state index contributed by atoms with van der Waals surface area (Å²) in [5, 5.41) is 0. The van der Waals surface area contributed by atoms with Crippen molar-refractivity contribution < 1.29 is 0 Å². The normalized spacial score (nSPS) is 7.60. The van der Waals surface area contributed by atoms with Crippen LogP contribution in [0.1, 0.15) is 0 Å². The van der Waals surface area contributed by atoms with Crippen molar-refractivity contribution >= 4 is 19.0 Å². The molecule has 10 heavy (non-hydrogen) atoms. The fourth-order valence-corrected chi connectivity index (χ4v) is 0.511. The molecular formula is C8H10BN. The van der Waals surface area contributed by atoms with Gasteiger partial charge in [0.25, 0.3) is 0 Å². The van der Waals surface area contributed by atoms with E-state index in [-0.39, 0.29) is 0 Å². The van der Waals surface area contributed by atoms with Gasteiger partial charge in [-0.1, -0.05) is 23.7 Å². The number of hydrogen-bond acceptors (Lipinski definition) is 1. The summed E-state index contributed by atoms with van der Waals surface area (Å²) in [4.78, 5) is 0. The zero-order valence-electron chi connectivity index (χ0n) is 5.88. The molecule has 0 heterocycles. The van der Waals surface area contributed by atoms with E-state index in [0.717, 1.165) is 0 Å². The Kier molecular flexibility index (Phi) is 4.13. The number of anilines is 1. The van der Waals surface area contributed by atoms with Crippen molar-refractivity contribution in [3.05, 3.63) is 37.4 Å². The van der Waals surface area contributed by atoms with E-state index >= 15 is 0 Å².